The highest BCUT2D eigenvalue weighted by Crippen LogP contribution is 2.39. The second-order valence-corrected chi connectivity index (χ2v) is 8.42. The first-order valence-electron chi connectivity index (χ1n) is 9.94. The number of hydrogen-bond donors (Lipinski definition) is 1. The van der Waals surface area contributed by atoms with Gasteiger partial charge in [-0.15, -0.1) is 0 Å². The molecule has 144 valence electrons. The van der Waals surface area contributed by atoms with Gasteiger partial charge in [0, 0.05) is 25.0 Å². The molecule has 2 aromatic rings. The molecule has 6 heteroatoms. The molecule has 2 aliphatic rings. The Bertz CT molecular complexity index is 778. The number of nitrogens with zero attached hydrogens (tertiary/aromatic N) is 3. The Morgan fingerprint density at radius 1 is 1.26 bits per heavy atom. The number of amides is 1. The van der Waals surface area contributed by atoms with E-state index in [0.29, 0.717) is 12.5 Å². The largest absolute Gasteiger partial charge is 0.350 e. The smallest absolute Gasteiger partial charge is 0.228 e. The first-order chi connectivity index (χ1) is 13.0. The topological polar surface area (TPSA) is 71.3 Å². The van der Waals surface area contributed by atoms with Crippen molar-refractivity contribution >= 4 is 5.91 Å². The van der Waals surface area contributed by atoms with E-state index in [0.717, 1.165) is 56.1 Å². The van der Waals surface area contributed by atoms with Crippen molar-refractivity contribution in [2.24, 2.45) is 5.92 Å². The van der Waals surface area contributed by atoms with Crippen LogP contribution < -0.4 is 5.32 Å². The monoisotopic (exact) mass is 368 g/mol. The molecule has 3 heterocycles. The van der Waals surface area contributed by atoms with Gasteiger partial charge in [-0.1, -0.05) is 49.3 Å². The number of piperidine rings is 1. The third-order valence-electron chi connectivity index (χ3n) is 5.77. The zero-order valence-corrected chi connectivity index (χ0v) is 16.1. The Morgan fingerprint density at radius 3 is 2.70 bits per heavy atom. The summed E-state index contributed by atoms with van der Waals surface area (Å²) < 4.78 is 5.34. The van der Waals surface area contributed by atoms with Crippen LogP contribution in [0.1, 0.15) is 56.3 Å². The van der Waals surface area contributed by atoms with Gasteiger partial charge in [0.25, 0.3) is 0 Å². The molecular formula is C21H28N4O2. The van der Waals surface area contributed by atoms with Crippen LogP contribution in [0.5, 0.6) is 0 Å². The van der Waals surface area contributed by atoms with E-state index in [9.17, 15) is 4.79 Å². The highest BCUT2D eigenvalue weighted by atomic mass is 16.5. The van der Waals surface area contributed by atoms with Crippen LogP contribution in [0.15, 0.2) is 34.9 Å². The Morgan fingerprint density at radius 2 is 2.00 bits per heavy atom. The number of carbonyl (C=O) groups excluding carboxylic acids is 1. The molecule has 1 N–H and O–H groups in total. The molecule has 1 atom stereocenters. The van der Waals surface area contributed by atoms with Crippen molar-refractivity contribution in [3.05, 3.63) is 47.6 Å². The molecule has 1 aromatic carbocycles. The molecule has 1 amide bonds. The van der Waals surface area contributed by atoms with E-state index in [2.05, 4.69) is 46.3 Å². The van der Waals surface area contributed by atoms with Gasteiger partial charge in [0.05, 0.1) is 12.5 Å². The Hall–Kier alpha value is -2.21. The Balaban J connectivity index is 1.34. The van der Waals surface area contributed by atoms with E-state index in [4.69, 9.17) is 4.52 Å². The number of hydrogen-bond acceptors (Lipinski definition) is 5. The van der Waals surface area contributed by atoms with Crippen LogP contribution in [0.3, 0.4) is 0 Å². The predicted octanol–water partition coefficient (Wildman–Crippen LogP) is 2.91. The summed E-state index contributed by atoms with van der Waals surface area (Å²) in [7, 11) is 0. The Kier molecular flexibility index (Phi) is 5.00. The zero-order chi connectivity index (χ0) is 18.9. The highest BCUT2D eigenvalue weighted by molar-refractivity contribution is 5.87. The van der Waals surface area contributed by atoms with Crippen molar-refractivity contribution in [2.45, 2.75) is 57.5 Å². The summed E-state index contributed by atoms with van der Waals surface area (Å²) in [5.41, 5.74) is 1.06. The maximum atomic E-state index is 12.6. The van der Waals surface area contributed by atoms with E-state index in [1.165, 1.54) is 0 Å². The number of benzene rings is 1. The molecule has 4 rings (SSSR count). The fourth-order valence-corrected chi connectivity index (χ4v) is 4.29. The average Bonchev–Trinajstić information content (AvgIpc) is 3.22. The molecule has 2 fully saturated rings. The maximum absolute atomic E-state index is 12.6. The lowest BCUT2D eigenvalue weighted by molar-refractivity contribution is -0.121. The molecule has 1 aromatic heterocycles. The first-order valence-corrected chi connectivity index (χ1v) is 9.94. The van der Waals surface area contributed by atoms with Crippen LogP contribution in [0.25, 0.3) is 0 Å². The predicted molar refractivity (Wildman–Crippen MR) is 102 cm³/mol. The van der Waals surface area contributed by atoms with Gasteiger partial charge in [0.1, 0.15) is 0 Å². The van der Waals surface area contributed by atoms with E-state index < -0.39 is 0 Å². The lowest BCUT2D eigenvalue weighted by Gasteiger charge is -2.38. The van der Waals surface area contributed by atoms with Crippen LogP contribution >= 0.6 is 0 Å². The van der Waals surface area contributed by atoms with Gasteiger partial charge in [-0.25, -0.2) is 0 Å². The SMILES string of the molecule is CC(C)Cc1nc(CN2CCC3(CC2)CC(c2ccccc2)C(=O)N3)no1. The molecule has 1 unspecified atom stereocenters. The minimum absolute atomic E-state index is 0.0199. The maximum Gasteiger partial charge on any atom is 0.228 e. The molecule has 1 spiro atoms. The average molecular weight is 368 g/mol. The third kappa shape index (κ3) is 4.05. The fraction of sp³-hybridized carbons (Fsp3) is 0.571. The summed E-state index contributed by atoms with van der Waals surface area (Å²) in [6.45, 7) is 6.89. The van der Waals surface area contributed by atoms with Crippen molar-refractivity contribution in [1.82, 2.24) is 20.4 Å². The van der Waals surface area contributed by atoms with Crippen molar-refractivity contribution in [3.63, 3.8) is 0 Å². The van der Waals surface area contributed by atoms with E-state index in [1.807, 2.05) is 18.2 Å². The number of rotatable bonds is 5. The molecule has 27 heavy (non-hydrogen) atoms. The minimum Gasteiger partial charge on any atom is -0.350 e. The Labute approximate surface area is 160 Å². The van der Waals surface area contributed by atoms with Crippen LogP contribution in [0.4, 0.5) is 0 Å². The third-order valence-corrected chi connectivity index (χ3v) is 5.77. The fourth-order valence-electron chi connectivity index (χ4n) is 4.29. The second kappa shape index (κ2) is 7.43. The molecule has 0 bridgehead atoms. The standard InChI is InChI=1S/C21H28N4O2/c1-15(2)12-19-22-18(24-27-19)14-25-10-8-21(9-11-25)13-17(20(26)23-21)16-6-4-3-5-7-16/h3-7,15,17H,8-14H2,1-2H3,(H,23,26). The van der Waals surface area contributed by atoms with Crippen molar-refractivity contribution < 1.29 is 9.32 Å². The van der Waals surface area contributed by atoms with Crippen molar-refractivity contribution in [1.29, 1.82) is 0 Å². The molecule has 0 radical (unpaired) electrons. The number of carbonyl (C=O) groups is 1. The van der Waals surface area contributed by atoms with E-state index >= 15 is 0 Å². The van der Waals surface area contributed by atoms with Crippen LogP contribution in [0.2, 0.25) is 0 Å². The molecule has 2 aliphatic heterocycles. The molecule has 6 nitrogen and oxygen atoms in total. The van der Waals surface area contributed by atoms with Gasteiger partial charge in [-0.2, -0.15) is 4.98 Å². The summed E-state index contributed by atoms with van der Waals surface area (Å²) >= 11 is 0. The van der Waals surface area contributed by atoms with Gasteiger partial charge in [0.2, 0.25) is 11.8 Å². The van der Waals surface area contributed by atoms with Crippen molar-refractivity contribution in [2.75, 3.05) is 13.1 Å². The minimum atomic E-state index is -0.0614. The van der Waals surface area contributed by atoms with Gasteiger partial charge in [-0.3, -0.25) is 9.69 Å². The van der Waals surface area contributed by atoms with E-state index in [-0.39, 0.29) is 17.4 Å². The van der Waals surface area contributed by atoms with Crippen LogP contribution in [-0.2, 0) is 17.8 Å². The number of likely N-dealkylation sites (tertiary alicyclic amines) is 1. The van der Waals surface area contributed by atoms with Crippen molar-refractivity contribution in [3.8, 4) is 0 Å². The zero-order valence-electron chi connectivity index (χ0n) is 16.1. The number of aromatic nitrogens is 2. The molecule has 0 aliphatic carbocycles. The van der Waals surface area contributed by atoms with Gasteiger partial charge >= 0.3 is 0 Å². The summed E-state index contributed by atoms with van der Waals surface area (Å²) in [6.07, 6.45) is 3.66. The summed E-state index contributed by atoms with van der Waals surface area (Å²) in [5.74, 6) is 2.15. The number of nitrogens with one attached hydrogen (secondary N) is 1. The highest BCUT2D eigenvalue weighted by Gasteiger charge is 2.46. The molecule has 2 saturated heterocycles. The molecule has 0 saturated carbocycles. The lowest BCUT2D eigenvalue weighted by Crippen LogP contribution is -2.50. The van der Waals surface area contributed by atoms with Gasteiger partial charge in [0.15, 0.2) is 5.82 Å². The van der Waals surface area contributed by atoms with Gasteiger partial charge < -0.3 is 9.84 Å². The summed E-state index contributed by atoms with van der Waals surface area (Å²) in [6, 6.07) is 10.1. The quantitative estimate of drug-likeness (QED) is 0.879. The first kappa shape index (κ1) is 18.2. The van der Waals surface area contributed by atoms with E-state index in [1.54, 1.807) is 0 Å². The second-order valence-electron chi connectivity index (χ2n) is 8.42. The summed E-state index contributed by atoms with van der Waals surface area (Å²) in [5, 5.41) is 7.43. The normalized spacial score (nSPS) is 22.5. The molecular weight excluding hydrogens is 340 g/mol. The van der Waals surface area contributed by atoms with Gasteiger partial charge in [-0.05, 0) is 30.7 Å². The lowest BCUT2D eigenvalue weighted by atomic mass is 9.82. The van der Waals surface area contributed by atoms with Crippen LogP contribution in [0, 0.1) is 5.92 Å². The van der Waals surface area contributed by atoms with Crippen LogP contribution in [-0.4, -0.2) is 39.6 Å². The summed E-state index contributed by atoms with van der Waals surface area (Å²) in [4.78, 5) is 19.4.